The summed E-state index contributed by atoms with van der Waals surface area (Å²) in [5.74, 6) is 0.0327. The van der Waals surface area contributed by atoms with Crippen LogP contribution in [-0.2, 0) is 10.0 Å². The summed E-state index contributed by atoms with van der Waals surface area (Å²) in [5.41, 5.74) is 3.51. The van der Waals surface area contributed by atoms with Gasteiger partial charge in [0, 0.05) is 10.0 Å². The first kappa shape index (κ1) is 17.1. The third kappa shape index (κ3) is 2.61. The highest BCUT2D eigenvalue weighted by Gasteiger charge is 2.36. The monoisotopic (exact) mass is 429 g/mol. The van der Waals surface area contributed by atoms with E-state index >= 15 is 0 Å². The minimum atomic E-state index is -3.79. The van der Waals surface area contributed by atoms with Gasteiger partial charge >= 0.3 is 0 Å². The molecule has 0 spiro atoms. The smallest absolute Gasteiger partial charge is 0.264 e. The molecule has 0 saturated carbocycles. The number of phenolic OH excluding ortho intramolecular Hbond substituents is 1. The zero-order valence-electron chi connectivity index (χ0n) is 13.9. The van der Waals surface area contributed by atoms with Crippen molar-refractivity contribution in [2.45, 2.75) is 17.9 Å². The molecule has 1 aliphatic heterocycles. The third-order valence-corrected chi connectivity index (χ3v) is 7.03. The fourth-order valence-electron chi connectivity index (χ4n) is 3.43. The highest BCUT2D eigenvalue weighted by Crippen LogP contribution is 2.47. The van der Waals surface area contributed by atoms with E-state index in [4.69, 9.17) is 0 Å². The number of halogens is 1. The van der Waals surface area contributed by atoms with Gasteiger partial charge in [-0.05, 0) is 60.5 Å². The van der Waals surface area contributed by atoms with Gasteiger partial charge in [0.2, 0.25) is 0 Å². The second kappa shape index (κ2) is 6.14. The number of fused-ring (bicyclic) bond motifs is 3. The molecule has 4 nitrogen and oxygen atoms in total. The van der Waals surface area contributed by atoms with Crippen LogP contribution < -0.4 is 4.31 Å². The van der Waals surface area contributed by atoms with Crippen LogP contribution >= 0.6 is 15.9 Å². The van der Waals surface area contributed by atoms with E-state index in [2.05, 4.69) is 15.9 Å². The summed E-state index contributed by atoms with van der Waals surface area (Å²) in [7, 11) is -3.79. The van der Waals surface area contributed by atoms with Gasteiger partial charge < -0.3 is 5.11 Å². The summed E-state index contributed by atoms with van der Waals surface area (Å²) in [5, 5.41) is 9.49. The van der Waals surface area contributed by atoms with Crippen molar-refractivity contribution in [3.05, 3.63) is 76.8 Å². The summed E-state index contributed by atoms with van der Waals surface area (Å²) >= 11 is 3.48. The van der Waals surface area contributed by atoms with E-state index in [0.29, 0.717) is 5.69 Å². The van der Waals surface area contributed by atoms with Crippen LogP contribution in [0.2, 0.25) is 0 Å². The van der Waals surface area contributed by atoms with Crippen molar-refractivity contribution in [1.29, 1.82) is 0 Å². The minimum absolute atomic E-state index is 0.0327. The molecule has 0 radical (unpaired) electrons. The van der Waals surface area contributed by atoms with Gasteiger partial charge in [-0.15, -0.1) is 0 Å². The first-order chi connectivity index (χ1) is 12.4. The minimum Gasteiger partial charge on any atom is -0.508 e. The summed E-state index contributed by atoms with van der Waals surface area (Å²) < 4.78 is 29.2. The normalized spacial score (nSPS) is 16.1. The highest BCUT2D eigenvalue weighted by atomic mass is 79.9. The first-order valence-electron chi connectivity index (χ1n) is 8.12. The molecule has 0 saturated heterocycles. The molecule has 26 heavy (non-hydrogen) atoms. The lowest BCUT2D eigenvalue weighted by Gasteiger charge is -2.37. The number of rotatable bonds is 2. The van der Waals surface area contributed by atoms with Crippen LogP contribution in [0.5, 0.6) is 5.75 Å². The molecule has 4 rings (SSSR count). The Balaban J connectivity index is 1.97. The highest BCUT2D eigenvalue weighted by molar-refractivity contribution is 9.10. The maximum atomic E-state index is 13.4. The predicted molar refractivity (Wildman–Crippen MR) is 106 cm³/mol. The Labute approximate surface area is 160 Å². The molecule has 0 bridgehead atoms. The van der Waals surface area contributed by atoms with Gasteiger partial charge in [0.1, 0.15) is 5.75 Å². The van der Waals surface area contributed by atoms with Crippen molar-refractivity contribution >= 4 is 31.6 Å². The van der Waals surface area contributed by atoms with Crippen LogP contribution in [0.15, 0.2) is 76.1 Å². The van der Waals surface area contributed by atoms with Gasteiger partial charge in [0.25, 0.3) is 10.0 Å². The fourth-order valence-corrected chi connectivity index (χ4v) is 5.44. The van der Waals surface area contributed by atoms with E-state index in [1.54, 1.807) is 0 Å². The second-order valence-corrected chi connectivity index (χ2v) is 8.95. The molecule has 0 aliphatic carbocycles. The maximum absolute atomic E-state index is 13.4. The standard InChI is InChI=1S/C20H16BrNO3S/c1-13-17-4-2-3-5-18(17)19-12-14(21)6-11-20(19)22(13)26(24,25)16-9-7-15(23)8-10-16/h2-13,23H,1H3. The molecule has 1 unspecified atom stereocenters. The Kier molecular flexibility index (Phi) is 4.04. The fraction of sp³-hybridized carbons (Fsp3) is 0.100. The van der Waals surface area contributed by atoms with E-state index in [-0.39, 0.29) is 16.7 Å². The van der Waals surface area contributed by atoms with Crippen LogP contribution in [0.4, 0.5) is 5.69 Å². The van der Waals surface area contributed by atoms with Crippen LogP contribution in [0.25, 0.3) is 11.1 Å². The zero-order chi connectivity index (χ0) is 18.5. The van der Waals surface area contributed by atoms with Crippen LogP contribution in [0.1, 0.15) is 18.5 Å². The molecular formula is C20H16BrNO3S. The van der Waals surface area contributed by atoms with Crippen LogP contribution in [0.3, 0.4) is 0 Å². The SMILES string of the molecule is CC1c2ccccc2-c2cc(Br)ccc2N1S(=O)(=O)c1ccc(O)cc1. The maximum Gasteiger partial charge on any atom is 0.264 e. The molecule has 132 valence electrons. The summed E-state index contributed by atoms with van der Waals surface area (Å²) in [6.07, 6.45) is 0. The lowest BCUT2D eigenvalue weighted by molar-refractivity contribution is 0.474. The number of phenols is 1. The molecular weight excluding hydrogens is 414 g/mol. The van der Waals surface area contributed by atoms with E-state index in [0.717, 1.165) is 21.2 Å². The molecule has 1 atom stereocenters. The Hall–Kier alpha value is -2.31. The summed E-state index contributed by atoms with van der Waals surface area (Å²) in [6, 6.07) is 18.7. The quantitative estimate of drug-likeness (QED) is 0.616. The van der Waals surface area contributed by atoms with Gasteiger partial charge in [-0.1, -0.05) is 40.2 Å². The van der Waals surface area contributed by atoms with Gasteiger partial charge in [-0.3, -0.25) is 4.31 Å². The molecule has 1 aliphatic rings. The average molecular weight is 430 g/mol. The summed E-state index contributed by atoms with van der Waals surface area (Å²) in [6.45, 7) is 1.89. The van der Waals surface area contributed by atoms with Crippen molar-refractivity contribution in [2.24, 2.45) is 0 Å². The van der Waals surface area contributed by atoms with Crippen molar-refractivity contribution in [3.63, 3.8) is 0 Å². The Morgan fingerprint density at radius 1 is 0.962 bits per heavy atom. The molecule has 1 N–H and O–H groups in total. The van der Waals surface area contributed by atoms with E-state index in [1.165, 1.54) is 28.6 Å². The molecule has 0 amide bonds. The number of aromatic hydroxyl groups is 1. The van der Waals surface area contributed by atoms with E-state index < -0.39 is 10.0 Å². The van der Waals surface area contributed by atoms with Gasteiger partial charge in [0.15, 0.2) is 0 Å². The predicted octanol–water partition coefficient (Wildman–Crippen LogP) is 5.09. The molecule has 3 aromatic rings. The zero-order valence-corrected chi connectivity index (χ0v) is 16.3. The molecule has 6 heteroatoms. The lowest BCUT2D eigenvalue weighted by Crippen LogP contribution is -2.36. The number of anilines is 1. The van der Waals surface area contributed by atoms with Crippen molar-refractivity contribution < 1.29 is 13.5 Å². The number of hydrogen-bond acceptors (Lipinski definition) is 3. The molecule has 1 heterocycles. The number of sulfonamides is 1. The number of hydrogen-bond donors (Lipinski definition) is 1. The Bertz CT molecular complexity index is 1090. The van der Waals surface area contributed by atoms with Crippen molar-refractivity contribution in [1.82, 2.24) is 0 Å². The number of benzene rings is 3. The summed E-state index contributed by atoms with van der Waals surface area (Å²) in [4.78, 5) is 0.149. The average Bonchev–Trinajstić information content (AvgIpc) is 2.63. The van der Waals surface area contributed by atoms with Crippen LogP contribution in [-0.4, -0.2) is 13.5 Å². The Morgan fingerprint density at radius 2 is 1.65 bits per heavy atom. The molecule has 0 fully saturated rings. The topological polar surface area (TPSA) is 57.6 Å². The van der Waals surface area contributed by atoms with Gasteiger partial charge in [-0.2, -0.15) is 0 Å². The Morgan fingerprint density at radius 3 is 2.38 bits per heavy atom. The number of nitrogens with zero attached hydrogens (tertiary/aromatic N) is 1. The lowest BCUT2D eigenvalue weighted by atomic mass is 9.90. The van der Waals surface area contributed by atoms with Crippen molar-refractivity contribution in [3.8, 4) is 16.9 Å². The molecule has 3 aromatic carbocycles. The van der Waals surface area contributed by atoms with Crippen LogP contribution in [0, 0.1) is 0 Å². The van der Waals surface area contributed by atoms with E-state index in [9.17, 15) is 13.5 Å². The second-order valence-electron chi connectivity index (χ2n) is 6.22. The largest absolute Gasteiger partial charge is 0.508 e. The first-order valence-corrected chi connectivity index (χ1v) is 10.4. The van der Waals surface area contributed by atoms with Crippen molar-refractivity contribution in [2.75, 3.05) is 4.31 Å². The third-order valence-electron chi connectivity index (χ3n) is 4.64. The van der Waals surface area contributed by atoms with Gasteiger partial charge in [-0.25, -0.2) is 8.42 Å². The molecule has 0 aromatic heterocycles. The van der Waals surface area contributed by atoms with E-state index in [1.807, 2.05) is 49.4 Å². The van der Waals surface area contributed by atoms with Gasteiger partial charge in [0.05, 0.1) is 16.6 Å².